The Morgan fingerprint density at radius 2 is 2.07 bits per heavy atom. The molecule has 1 aliphatic carbocycles. The molecule has 2 atom stereocenters. The average Bonchev–Trinajstić information content (AvgIpc) is 3.37. The highest BCUT2D eigenvalue weighted by Gasteiger charge is 2.50. The Hall–Kier alpha value is -2.67. The molecule has 0 N–H and O–H groups in total. The van der Waals surface area contributed by atoms with Crippen LogP contribution in [-0.4, -0.2) is 38.9 Å². The molecule has 0 spiro atoms. The largest absolute Gasteiger partial charge is 0.453 e. The van der Waals surface area contributed by atoms with Crippen LogP contribution in [-0.2, 0) is 23.1 Å². The van der Waals surface area contributed by atoms with Gasteiger partial charge in [0.05, 0.1) is 18.6 Å². The Morgan fingerprint density at radius 3 is 2.79 bits per heavy atom. The summed E-state index contributed by atoms with van der Waals surface area (Å²) >= 11 is 1.81. The Bertz CT molecular complexity index is 1090. The second-order valence-corrected chi connectivity index (χ2v) is 9.19. The number of fused-ring (bicyclic) bond motifs is 6. The summed E-state index contributed by atoms with van der Waals surface area (Å²) in [5, 5.41) is 11.6. The maximum Gasteiger partial charge on any atom is 0.410 e. The van der Waals surface area contributed by atoms with Crippen LogP contribution in [0.5, 0.6) is 0 Å². The number of hydrogen-bond donors (Lipinski definition) is 0. The zero-order valence-electron chi connectivity index (χ0n) is 16.2. The van der Waals surface area contributed by atoms with Crippen LogP contribution in [0.4, 0.5) is 4.79 Å². The van der Waals surface area contributed by atoms with Crippen LogP contribution in [0, 0.1) is 0 Å². The highest BCUT2D eigenvalue weighted by atomic mass is 32.1. The topological polar surface area (TPSA) is 60.2 Å². The lowest BCUT2D eigenvalue weighted by Gasteiger charge is -2.47. The van der Waals surface area contributed by atoms with Crippen molar-refractivity contribution in [1.29, 1.82) is 0 Å². The van der Waals surface area contributed by atoms with E-state index in [4.69, 9.17) is 9.84 Å². The lowest BCUT2D eigenvalue weighted by atomic mass is 9.67. The summed E-state index contributed by atoms with van der Waals surface area (Å²) in [7, 11) is 1.45. The van der Waals surface area contributed by atoms with Crippen molar-refractivity contribution in [2.24, 2.45) is 0 Å². The SMILES string of the molecule is COC(=O)N1C2Cc3ccccc3C1c1nnc(C3(c4cccs4)CCC3)n1C2. The average molecular weight is 407 g/mol. The van der Waals surface area contributed by atoms with E-state index in [-0.39, 0.29) is 23.6 Å². The number of carbonyl (C=O) groups excluding carboxylic acids is 1. The van der Waals surface area contributed by atoms with E-state index in [1.807, 2.05) is 22.3 Å². The number of ether oxygens (including phenoxy) is 1. The van der Waals surface area contributed by atoms with Gasteiger partial charge < -0.3 is 9.30 Å². The molecule has 3 aliphatic rings. The Morgan fingerprint density at radius 1 is 1.21 bits per heavy atom. The van der Waals surface area contributed by atoms with Gasteiger partial charge in [-0.05, 0) is 41.8 Å². The number of amides is 1. The van der Waals surface area contributed by atoms with Gasteiger partial charge >= 0.3 is 6.09 Å². The van der Waals surface area contributed by atoms with Crippen molar-refractivity contribution in [1.82, 2.24) is 19.7 Å². The van der Waals surface area contributed by atoms with Crippen molar-refractivity contribution in [3.63, 3.8) is 0 Å². The highest BCUT2D eigenvalue weighted by molar-refractivity contribution is 7.10. The molecule has 29 heavy (non-hydrogen) atoms. The summed E-state index contributed by atoms with van der Waals surface area (Å²) in [5.41, 5.74) is 2.39. The molecule has 7 heteroatoms. The quantitative estimate of drug-likeness (QED) is 0.648. The first kappa shape index (κ1) is 17.2. The summed E-state index contributed by atoms with van der Waals surface area (Å²) < 4.78 is 7.46. The van der Waals surface area contributed by atoms with E-state index in [2.05, 4.69) is 45.4 Å². The van der Waals surface area contributed by atoms with E-state index in [1.54, 1.807) is 0 Å². The smallest absolute Gasteiger partial charge is 0.410 e. The molecule has 2 bridgehead atoms. The van der Waals surface area contributed by atoms with Gasteiger partial charge in [-0.3, -0.25) is 4.90 Å². The second-order valence-electron chi connectivity index (χ2n) is 8.24. The number of hydrogen-bond acceptors (Lipinski definition) is 5. The number of nitrogens with zero attached hydrogens (tertiary/aromatic N) is 4. The van der Waals surface area contributed by atoms with E-state index < -0.39 is 0 Å². The molecule has 2 unspecified atom stereocenters. The Labute approximate surface area is 173 Å². The third kappa shape index (κ3) is 2.25. The fourth-order valence-corrected chi connectivity index (χ4v) is 6.38. The van der Waals surface area contributed by atoms with Crippen molar-refractivity contribution in [2.45, 2.75) is 49.7 Å². The Balaban J connectivity index is 1.53. The van der Waals surface area contributed by atoms with Crippen molar-refractivity contribution in [3.8, 4) is 0 Å². The van der Waals surface area contributed by atoms with Crippen LogP contribution >= 0.6 is 11.3 Å². The minimum Gasteiger partial charge on any atom is -0.453 e. The lowest BCUT2D eigenvalue weighted by molar-refractivity contribution is 0.0618. The fraction of sp³-hybridized carbons (Fsp3) is 0.409. The van der Waals surface area contributed by atoms with Crippen molar-refractivity contribution < 1.29 is 9.53 Å². The van der Waals surface area contributed by atoms with E-state index in [1.165, 1.54) is 24.0 Å². The zero-order valence-corrected chi connectivity index (χ0v) is 17.1. The molecular formula is C22H22N4O2S. The molecule has 3 aromatic rings. The maximum atomic E-state index is 12.7. The molecule has 1 aromatic carbocycles. The van der Waals surface area contributed by atoms with Crippen LogP contribution in [0.3, 0.4) is 0 Å². The van der Waals surface area contributed by atoms with Gasteiger partial charge in [-0.1, -0.05) is 36.8 Å². The van der Waals surface area contributed by atoms with Crippen molar-refractivity contribution in [2.75, 3.05) is 7.11 Å². The third-order valence-corrected chi connectivity index (χ3v) is 7.98. The number of aromatic nitrogens is 3. The molecule has 1 amide bonds. The summed E-state index contributed by atoms with van der Waals surface area (Å²) in [4.78, 5) is 16.0. The molecule has 1 saturated carbocycles. The van der Waals surface area contributed by atoms with E-state index in [0.29, 0.717) is 6.54 Å². The predicted octanol–water partition coefficient (Wildman–Crippen LogP) is 3.91. The van der Waals surface area contributed by atoms with Gasteiger partial charge in [0.25, 0.3) is 0 Å². The molecule has 1 fully saturated rings. The molecular weight excluding hydrogens is 384 g/mol. The zero-order chi connectivity index (χ0) is 19.6. The number of methoxy groups -OCH3 is 1. The van der Waals surface area contributed by atoms with Crippen LogP contribution in [0.1, 0.15) is 53.0 Å². The van der Waals surface area contributed by atoms with Gasteiger partial charge in [-0.25, -0.2) is 4.79 Å². The van der Waals surface area contributed by atoms with Gasteiger partial charge in [0.2, 0.25) is 0 Å². The number of benzene rings is 1. The first-order valence-corrected chi connectivity index (χ1v) is 11.0. The first-order chi connectivity index (χ1) is 14.2. The van der Waals surface area contributed by atoms with Crippen LogP contribution in [0.2, 0.25) is 0 Å². The molecule has 148 valence electrons. The van der Waals surface area contributed by atoms with Gasteiger partial charge in [-0.15, -0.1) is 21.5 Å². The van der Waals surface area contributed by atoms with Gasteiger partial charge in [0.1, 0.15) is 11.9 Å². The van der Waals surface area contributed by atoms with E-state index in [0.717, 1.165) is 36.5 Å². The lowest BCUT2D eigenvalue weighted by Crippen LogP contribution is -2.54. The number of thiophene rings is 1. The standard InChI is InChI=1S/C22H22N4O2S/c1-28-21(27)26-15-12-14-6-2-3-7-16(14)18(26)19-23-24-20(25(19)13-15)22(9-5-10-22)17-8-4-11-29-17/h2-4,6-8,11,15,18H,5,9-10,12-13H2,1H3. The summed E-state index contributed by atoms with van der Waals surface area (Å²) in [6.07, 6.45) is 3.97. The summed E-state index contributed by atoms with van der Waals surface area (Å²) in [6.45, 7) is 0.713. The van der Waals surface area contributed by atoms with Gasteiger partial charge in [0.15, 0.2) is 5.82 Å². The minimum atomic E-state index is -0.290. The molecule has 4 heterocycles. The second kappa shape index (κ2) is 6.16. The molecule has 2 aromatic heterocycles. The molecule has 6 rings (SSSR count). The van der Waals surface area contributed by atoms with Crippen molar-refractivity contribution >= 4 is 17.4 Å². The number of carbonyl (C=O) groups is 1. The Kier molecular flexibility index (Phi) is 3.66. The molecule has 0 saturated heterocycles. The van der Waals surface area contributed by atoms with E-state index >= 15 is 0 Å². The highest BCUT2D eigenvalue weighted by Crippen LogP contribution is 2.51. The van der Waals surface area contributed by atoms with Crippen LogP contribution in [0.25, 0.3) is 0 Å². The monoisotopic (exact) mass is 406 g/mol. The van der Waals surface area contributed by atoms with Crippen LogP contribution < -0.4 is 0 Å². The van der Waals surface area contributed by atoms with E-state index in [9.17, 15) is 4.79 Å². The first-order valence-electron chi connectivity index (χ1n) is 10.1. The maximum absolute atomic E-state index is 12.7. The number of rotatable bonds is 2. The molecule has 6 nitrogen and oxygen atoms in total. The van der Waals surface area contributed by atoms with Gasteiger partial charge in [-0.2, -0.15) is 0 Å². The fourth-order valence-electron chi connectivity index (χ4n) is 5.40. The minimum absolute atomic E-state index is 0.0271. The van der Waals surface area contributed by atoms with Gasteiger partial charge in [0, 0.05) is 11.4 Å². The summed E-state index contributed by atoms with van der Waals surface area (Å²) in [5.74, 6) is 1.93. The normalized spacial score (nSPS) is 23.7. The summed E-state index contributed by atoms with van der Waals surface area (Å²) in [6, 6.07) is 12.5. The molecule has 0 radical (unpaired) electrons. The van der Waals surface area contributed by atoms with Crippen LogP contribution in [0.15, 0.2) is 41.8 Å². The van der Waals surface area contributed by atoms with Crippen molar-refractivity contribution in [3.05, 3.63) is 69.4 Å². The third-order valence-electron chi connectivity index (χ3n) is 6.91. The molecule has 2 aliphatic heterocycles. The predicted molar refractivity (Wildman–Crippen MR) is 109 cm³/mol.